The van der Waals surface area contributed by atoms with Gasteiger partial charge in [0.05, 0.1) is 5.02 Å². The van der Waals surface area contributed by atoms with Gasteiger partial charge < -0.3 is 16.0 Å². The van der Waals surface area contributed by atoms with E-state index >= 15 is 0 Å². The van der Waals surface area contributed by atoms with Crippen molar-refractivity contribution in [3.05, 3.63) is 59.2 Å². The van der Waals surface area contributed by atoms with Crippen LogP contribution >= 0.6 is 11.6 Å². The molecule has 1 saturated heterocycles. The Bertz CT molecular complexity index is 800. The lowest BCUT2D eigenvalue weighted by atomic mass is 9.89. The van der Waals surface area contributed by atoms with Crippen LogP contribution in [0.3, 0.4) is 0 Å². The number of likely N-dealkylation sites (tertiary alicyclic amines) is 1. The van der Waals surface area contributed by atoms with E-state index in [0.717, 1.165) is 5.56 Å². The third-order valence-electron chi connectivity index (χ3n) is 4.95. The van der Waals surface area contributed by atoms with Gasteiger partial charge in [0.2, 0.25) is 11.8 Å². The van der Waals surface area contributed by atoms with E-state index in [9.17, 15) is 9.59 Å². The van der Waals surface area contributed by atoms with Crippen molar-refractivity contribution in [2.75, 3.05) is 18.4 Å². The number of piperidine rings is 1. The van der Waals surface area contributed by atoms with Crippen molar-refractivity contribution in [1.29, 1.82) is 0 Å². The maximum absolute atomic E-state index is 12.9. The number of amides is 2. The van der Waals surface area contributed by atoms with Gasteiger partial charge in [-0.05, 0) is 37.5 Å². The number of nitrogens with two attached hydrogens (primary N) is 1. The van der Waals surface area contributed by atoms with Gasteiger partial charge in [0.25, 0.3) is 0 Å². The Morgan fingerprint density at radius 1 is 1.19 bits per heavy atom. The standard InChI is InChI=1S/C20H23ClN4O2/c1-20(22,15-5-3-2-4-6-15)19(27)25-11-9-14(10-12-25)18(26)24-17-8-7-16(21)13-23-17/h2-8,13-14H,9-12,22H2,1H3,(H,23,24,26). The molecule has 1 aromatic carbocycles. The molecule has 1 aromatic heterocycles. The number of anilines is 1. The molecule has 6 nitrogen and oxygen atoms in total. The van der Waals surface area contributed by atoms with Crippen molar-refractivity contribution in [2.24, 2.45) is 11.7 Å². The SMILES string of the molecule is CC(N)(C(=O)N1CCC(C(=O)Nc2ccc(Cl)cn2)CC1)c1ccccc1. The molecule has 1 atom stereocenters. The number of benzene rings is 1. The van der Waals surface area contributed by atoms with Crippen molar-refractivity contribution >= 4 is 29.2 Å². The molecule has 7 heteroatoms. The first-order chi connectivity index (χ1) is 12.9. The van der Waals surface area contributed by atoms with Gasteiger partial charge in [-0.2, -0.15) is 0 Å². The first-order valence-electron chi connectivity index (χ1n) is 8.94. The number of carbonyl (C=O) groups excluding carboxylic acids is 2. The summed E-state index contributed by atoms with van der Waals surface area (Å²) in [6.45, 7) is 2.74. The molecule has 1 aliphatic rings. The lowest BCUT2D eigenvalue weighted by Gasteiger charge is -2.36. The number of nitrogens with one attached hydrogen (secondary N) is 1. The fourth-order valence-corrected chi connectivity index (χ4v) is 3.37. The predicted molar refractivity (Wildman–Crippen MR) is 105 cm³/mol. The molecular formula is C20H23ClN4O2. The number of hydrogen-bond donors (Lipinski definition) is 2. The predicted octanol–water partition coefficient (Wildman–Crippen LogP) is 2.79. The molecule has 27 heavy (non-hydrogen) atoms. The zero-order valence-electron chi connectivity index (χ0n) is 15.2. The van der Waals surface area contributed by atoms with Crippen LogP contribution in [0.2, 0.25) is 5.02 Å². The minimum absolute atomic E-state index is 0.0875. The van der Waals surface area contributed by atoms with Crippen LogP contribution in [0.4, 0.5) is 5.82 Å². The summed E-state index contributed by atoms with van der Waals surface area (Å²) in [4.78, 5) is 31.2. The molecule has 1 aliphatic heterocycles. The molecule has 0 bridgehead atoms. The van der Waals surface area contributed by atoms with Crippen molar-refractivity contribution in [3.63, 3.8) is 0 Å². The second-order valence-corrected chi connectivity index (χ2v) is 7.42. The lowest BCUT2D eigenvalue weighted by molar-refractivity contribution is -0.139. The van der Waals surface area contributed by atoms with Crippen molar-refractivity contribution in [3.8, 4) is 0 Å². The topological polar surface area (TPSA) is 88.3 Å². The number of carbonyl (C=O) groups is 2. The van der Waals surface area contributed by atoms with E-state index in [1.807, 2.05) is 30.3 Å². The zero-order chi connectivity index (χ0) is 19.4. The average molecular weight is 387 g/mol. The van der Waals surface area contributed by atoms with Gasteiger partial charge in [0.1, 0.15) is 11.4 Å². The molecule has 0 radical (unpaired) electrons. The minimum atomic E-state index is -1.08. The molecule has 3 N–H and O–H groups in total. The van der Waals surface area contributed by atoms with Crippen LogP contribution in [0, 0.1) is 5.92 Å². The normalized spacial score (nSPS) is 17.2. The fourth-order valence-electron chi connectivity index (χ4n) is 3.26. The average Bonchev–Trinajstić information content (AvgIpc) is 2.70. The van der Waals surface area contributed by atoms with E-state index in [-0.39, 0.29) is 17.7 Å². The molecule has 2 aromatic rings. The minimum Gasteiger partial charge on any atom is -0.341 e. The van der Waals surface area contributed by atoms with E-state index in [1.165, 1.54) is 6.20 Å². The third kappa shape index (κ3) is 4.46. The number of hydrogen-bond acceptors (Lipinski definition) is 4. The molecule has 3 rings (SSSR count). The Hall–Kier alpha value is -2.44. The summed E-state index contributed by atoms with van der Waals surface area (Å²) in [7, 11) is 0. The molecular weight excluding hydrogens is 364 g/mol. The molecule has 1 unspecified atom stereocenters. The highest BCUT2D eigenvalue weighted by Crippen LogP contribution is 2.25. The summed E-state index contributed by atoms with van der Waals surface area (Å²) in [6.07, 6.45) is 2.68. The summed E-state index contributed by atoms with van der Waals surface area (Å²) in [5, 5.41) is 3.32. The number of aromatic nitrogens is 1. The molecule has 1 fully saturated rings. The first-order valence-corrected chi connectivity index (χ1v) is 9.32. The highest BCUT2D eigenvalue weighted by atomic mass is 35.5. The largest absolute Gasteiger partial charge is 0.341 e. The van der Waals surface area contributed by atoms with Gasteiger partial charge in [-0.15, -0.1) is 0 Å². The molecule has 2 heterocycles. The zero-order valence-corrected chi connectivity index (χ0v) is 15.9. The Morgan fingerprint density at radius 2 is 1.85 bits per heavy atom. The summed E-state index contributed by atoms with van der Waals surface area (Å²) in [6, 6.07) is 12.7. The first kappa shape index (κ1) is 19.3. The Labute approximate surface area is 163 Å². The fraction of sp³-hybridized carbons (Fsp3) is 0.350. The Balaban J connectivity index is 1.57. The Morgan fingerprint density at radius 3 is 2.44 bits per heavy atom. The van der Waals surface area contributed by atoms with E-state index in [0.29, 0.717) is 36.8 Å². The van der Waals surface area contributed by atoms with E-state index < -0.39 is 5.54 Å². The number of rotatable bonds is 4. The van der Waals surface area contributed by atoms with Crippen LogP contribution in [-0.2, 0) is 15.1 Å². The van der Waals surface area contributed by atoms with Crippen LogP contribution in [0.5, 0.6) is 0 Å². The van der Waals surface area contributed by atoms with E-state index in [1.54, 1.807) is 24.0 Å². The van der Waals surface area contributed by atoms with Crippen molar-refractivity contribution in [1.82, 2.24) is 9.88 Å². The second kappa shape index (κ2) is 8.06. The third-order valence-corrected chi connectivity index (χ3v) is 5.17. The van der Waals surface area contributed by atoms with Crippen LogP contribution in [0.25, 0.3) is 0 Å². The summed E-state index contributed by atoms with van der Waals surface area (Å²) in [5.41, 5.74) is 6.03. The van der Waals surface area contributed by atoms with E-state index in [2.05, 4.69) is 10.3 Å². The molecule has 2 amide bonds. The second-order valence-electron chi connectivity index (χ2n) is 6.99. The van der Waals surface area contributed by atoms with Gasteiger partial charge in [-0.25, -0.2) is 4.98 Å². The monoisotopic (exact) mass is 386 g/mol. The summed E-state index contributed by atoms with van der Waals surface area (Å²) < 4.78 is 0. The van der Waals surface area contributed by atoms with Gasteiger partial charge in [-0.1, -0.05) is 41.9 Å². The maximum Gasteiger partial charge on any atom is 0.246 e. The number of pyridine rings is 1. The molecule has 0 spiro atoms. The number of nitrogens with zero attached hydrogens (tertiary/aromatic N) is 2. The molecule has 0 aliphatic carbocycles. The molecule has 142 valence electrons. The Kier molecular flexibility index (Phi) is 5.77. The quantitative estimate of drug-likeness (QED) is 0.845. The smallest absolute Gasteiger partial charge is 0.246 e. The van der Waals surface area contributed by atoms with Gasteiger partial charge >= 0.3 is 0 Å². The number of halogens is 1. The van der Waals surface area contributed by atoms with Gasteiger partial charge in [0, 0.05) is 25.2 Å². The maximum atomic E-state index is 12.9. The van der Waals surface area contributed by atoms with Crippen LogP contribution < -0.4 is 11.1 Å². The highest BCUT2D eigenvalue weighted by molar-refractivity contribution is 6.30. The summed E-state index contributed by atoms with van der Waals surface area (Å²) in [5.74, 6) is 0.108. The van der Waals surface area contributed by atoms with Crippen LogP contribution in [0.1, 0.15) is 25.3 Å². The van der Waals surface area contributed by atoms with Gasteiger partial charge in [0.15, 0.2) is 0 Å². The van der Waals surface area contributed by atoms with Gasteiger partial charge in [-0.3, -0.25) is 9.59 Å². The van der Waals surface area contributed by atoms with Crippen molar-refractivity contribution in [2.45, 2.75) is 25.3 Å². The lowest BCUT2D eigenvalue weighted by Crippen LogP contribution is -2.53. The molecule has 0 saturated carbocycles. The highest BCUT2D eigenvalue weighted by Gasteiger charge is 2.37. The van der Waals surface area contributed by atoms with Crippen LogP contribution in [-0.4, -0.2) is 34.8 Å². The van der Waals surface area contributed by atoms with E-state index in [4.69, 9.17) is 17.3 Å². The van der Waals surface area contributed by atoms with Crippen LogP contribution in [0.15, 0.2) is 48.7 Å². The summed E-state index contributed by atoms with van der Waals surface area (Å²) >= 11 is 5.80. The van der Waals surface area contributed by atoms with Crippen molar-refractivity contribution < 1.29 is 9.59 Å².